The van der Waals surface area contributed by atoms with Crippen molar-refractivity contribution in [1.29, 1.82) is 0 Å². The minimum absolute atomic E-state index is 0.197. The third-order valence-corrected chi connectivity index (χ3v) is 23.4. The van der Waals surface area contributed by atoms with Gasteiger partial charge in [-0.05, 0) is 176 Å². The quantitative estimate of drug-likeness (QED) is 0.0919. The Labute approximate surface area is 721 Å². The van der Waals surface area contributed by atoms with Crippen molar-refractivity contribution in [3.8, 4) is 96.1 Å². The van der Waals surface area contributed by atoms with E-state index in [0.717, 1.165) is 17.0 Å². The normalized spacial score (nSPS) is 11.2. The number of rotatable bonds is 15. The zero-order valence-corrected chi connectivity index (χ0v) is 74.1. The number of aromatic nitrogens is 10. The number of imidazole rings is 3. The average molecular weight is 1610 g/mol. The van der Waals surface area contributed by atoms with Crippen LogP contribution in [-0.4, -0.2) is 23.1 Å². The predicted octanol–water partition coefficient (Wildman–Crippen LogP) is 25.0. The average Bonchev–Trinajstić information content (AvgIpc) is 1.37. The van der Waals surface area contributed by atoms with Crippen LogP contribution < -0.4 is 23.1 Å². The summed E-state index contributed by atoms with van der Waals surface area (Å²) in [4.78, 5) is 0. The van der Waals surface area contributed by atoms with Crippen LogP contribution in [-0.2, 0) is 35.2 Å². The van der Waals surface area contributed by atoms with E-state index in [0.29, 0.717) is 23.7 Å². The van der Waals surface area contributed by atoms with E-state index in [1.165, 1.54) is 157 Å². The van der Waals surface area contributed by atoms with Crippen LogP contribution in [0.3, 0.4) is 0 Å². The van der Waals surface area contributed by atoms with Gasteiger partial charge in [-0.1, -0.05) is 286 Å². The van der Waals surface area contributed by atoms with E-state index in [4.69, 9.17) is 0 Å². The SMILES string of the molecule is Cc1cc(F)ccc1-c1n(-c2c(C(C)C)cccc2C(C)C)cc[n+]1C.Cc1ccccc1-c1n(-c2c(-c3ccccc3)cccc2-c2ccccc2)cc[n+]1C.Cc1ccccc1-c1n(-c2c(C(C)C)cccc2C(C)C)cc[n+]1C.Cc1ccccc1-n1c2ccccc2c(-c2ccccc2)[n+]1C.Cc1ccccc1-n1c2ccccc2c[n+]1C. The highest BCUT2D eigenvalue weighted by Crippen LogP contribution is 2.41. The number of para-hydroxylation sites is 7. The number of nitrogens with zero attached hydrogens (tertiary/aromatic N) is 10. The summed E-state index contributed by atoms with van der Waals surface area (Å²) in [5, 5.41) is 2.53. The standard InChI is InChI=1S/C29H25N2.C23H28FN2.C23H29N2.C21H19N2.C15H15N2/c1-22-12-9-10-17-25(22)29-30(2)20-21-31(29)28-26(23-13-5-3-6-14-23)18-11-19-27(28)24-15-7-4-8-16-24;1-15(2)19-8-7-9-20(16(3)4)22(19)26-13-12-25(6)23(26)21-11-10-18(24)14-17(21)5;1-16(2)19-12-9-13-20(17(3)4)22(19)25-15-14-24(6)23(25)21-11-8-7-10-18(21)5;1-16-10-6-8-14-19(16)23-20-15-9-7-13-18(20)21(22(23)2)17-11-4-3-5-12-17;1-12-7-3-5-9-14(12)17-15-10-6-4-8-13(15)11-16(17)2/h3-21H,1-2H3;7-16H,1-6H3;7-17H,1-6H3;3-15H,1-2H3;3-11H,1-2H3/q5*+1. The number of hydrogen-bond donors (Lipinski definition) is 0. The second-order valence-electron chi connectivity index (χ2n) is 33.2. The summed E-state index contributed by atoms with van der Waals surface area (Å²) in [6.45, 7) is 28.7. The Hall–Kier alpha value is -13.6. The van der Waals surface area contributed by atoms with Gasteiger partial charge in [-0.2, -0.15) is 13.7 Å². The van der Waals surface area contributed by atoms with Crippen molar-refractivity contribution in [2.75, 3.05) is 0 Å². The number of aryl methyl sites for hydroxylation is 9. The molecule has 0 aliphatic heterocycles. The van der Waals surface area contributed by atoms with Crippen LogP contribution in [0, 0.1) is 40.4 Å². The Morgan fingerprint density at radius 1 is 0.287 bits per heavy atom. The van der Waals surface area contributed by atoms with Crippen molar-refractivity contribution in [1.82, 2.24) is 23.1 Å². The molecule has 0 saturated heterocycles. The molecule has 18 aromatic rings. The molecule has 0 aliphatic carbocycles. The first-order valence-electron chi connectivity index (χ1n) is 42.7. The van der Waals surface area contributed by atoms with Crippen molar-refractivity contribution in [2.45, 2.75) is 114 Å². The van der Waals surface area contributed by atoms with Gasteiger partial charge in [0, 0.05) is 38.9 Å². The van der Waals surface area contributed by atoms with Crippen LogP contribution in [0.5, 0.6) is 0 Å². The topological polar surface area (TPSA) is 44.0 Å². The van der Waals surface area contributed by atoms with Crippen LogP contribution in [0.2, 0.25) is 0 Å². The van der Waals surface area contributed by atoms with Gasteiger partial charge in [-0.3, -0.25) is 0 Å². The lowest BCUT2D eigenvalue weighted by Crippen LogP contribution is -2.39. The van der Waals surface area contributed by atoms with Crippen LogP contribution in [0.15, 0.2) is 353 Å². The third-order valence-electron chi connectivity index (χ3n) is 23.4. The largest absolute Gasteiger partial charge is 0.294 e. The summed E-state index contributed by atoms with van der Waals surface area (Å²) in [5.74, 6) is 5.05. The van der Waals surface area contributed by atoms with Gasteiger partial charge in [-0.25, -0.2) is 18.1 Å². The summed E-state index contributed by atoms with van der Waals surface area (Å²) in [7, 11) is 10.5. The van der Waals surface area contributed by atoms with E-state index in [2.05, 4.69) is 492 Å². The lowest BCUT2D eigenvalue weighted by Gasteiger charge is -2.18. The van der Waals surface area contributed by atoms with E-state index in [9.17, 15) is 4.39 Å². The van der Waals surface area contributed by atoms with Gasteiger partial charge < -0.3 is 0 Å². The molecule has 0 amide bonds. The molecule has 10 nitrogen and oxygen atoms in total. The fourth-order valence-corrected chi connectivity index (χ4v) is 17.2. The second-order valence-corrected chi connectivity index (χ2v) is 33.2. The van der Waals surface area contributed by atoms with E-state index in [-0.39, 0.29) is 5.82 Å². The highest BCUT2D eigenvalue weighted by Gasteiger charge is 2.32. The van der Waals surface area contributed by atoms with Crippen LogP contribution in [0.25, 0.3) is 118 Å². The maximum absolute atomic E-state index is 13.6. The molecule has 0 spiro atoms. The lowest BCUT2D eigenvalue weighted by molar-refractivity contribution is -0.741. The Balaban J connectivity index is 0.000000126. The molecule has 5 aromatic heterocycles. The van der Waals surface area contributed by atoms with Crippen molar-refractivity contribution in [2.24, 2.45) is 35.2 Å². The van der Waals surface area contributed by atoms with Gasteiger partial charge in [0.15, 0.2) is 14.1 Å². The highest BCUT2D eigenvalue weighted by molar-refractivity contribution is 5.92. The summed E-state index contributed by atoms with van der Waals surface area (Å²) in [6, 6.07) is 108. The molecule has 0 aliphatic rings. The molecule has 0 N–H and O–H groups in total. The van der Waals surface area contributed by atoms with Gasteiger partial charge in [-0.15, -0.1) is 18.7 Å². The molecule has 0 unspecified atom stereocenters. The maximum atomic E-state index is 13.6. The summed E-state index contributed by atoms with van der Waals surface area (Å²) in [6.07, 6.45) is 15.0. The van der Waals surface area contributed by atoms with Crippen LogP contribution in [0.4, 0.5) is 4.39 Å². The molecule has 0 atom stereocenters. The molecule has 122 heavy (non-hydrogen) atoms. The molecular weight excluding hydrogens is 1490 g/mol. The molecule has 0 fully saturated rings. The maximum Gasteiger partial charge on any atom is 0.294 e. The number of hydrogen-bond acceptors (Lipinski definition) is 0. The predicted molar refractivity (Wildman–Crippen MR) is 502 cm³/mol. The molecule has 13 aromatic carbocycles. The number of halogens is 1. The summed E-state index contributed by atoms with van der Waals surface area (Å²) in [5.41, 5.74) is 31.1. The Morgan fingerprint density at radius 2 is 0.631 bits per heavy atom. The number of fused-ring (bicyclic) bond motifs is 2. The minimum Gasteiger partial charge on any atom is -0.232 e. The first-order chi connectivity index (χ1) is 59.0. The molecule has 612 valence electrons. The van der Waals surface area contributed by atoms with Gasteiger partial charge in [0.2, 0.25) is 11.9 Å². The smallest absolute Gasteiger partial charge is 0.232 e. The first kappa shape index (κ1) is 84.8. The molecule has 0 radical (unpaired) electrons. The van der Waals surface area contributed by atoms with Gasteiger partial charge in [0.1, 0.15) is 82.5 Å². The second kappa shape index (κ2) is 37.8. The molecule has 0 bridgehead atoms. The van der Waals surface area contributed by atoms with Crippen LogP contribution in [0.1, 0.15) is 129 Å². The molecule has 5 heterocycles. The van der Waals surface area contributed by atoms with Gasteiger partial charge in [0.25, 0.3) is 17.5 Å². The van der Waals surface area contributed by atoms with E-state index in [1.54, 1.807) is 6.07 Å². The zero-order chi connectivity index (χ0) is 86.0. The lowest BCUT2D eigenvalue weighted by atomic mass is 9.92. The Bertz CT molecular complexity index is 6550. The Morgan fingerprint density at radius 3 is 1.06 bits per heavy atom. The number of benzene rings is 13. The van der Waals surface area contributed by atoms with Gasteiger partial charge >= 0.3 is 0 Å². The van der Waals surface area contributed by atoms with Crippen molar-refractivity contribution in [3.63, 3.8) is 0 Å². The highest BCUT2D eigenvalue weighted by atomic mass is 19.1. The molecular formula is C111H116FN10+5. The van der Waals surface area contributed by atoms with Gasteiger partial charge in [0.05, 0.1) is 48.6 Å². The monoisotopic (exact) mass is 1610 g/mol. The van der Waals surface area contributed by atoms with Crippen molar-refractivity contribution in [3.05, 3.63) is 409 Å². The van der Waals surface area contributed by atoms with E-state index >= 15 is 0 Å². The van der Waals surface area contributed by atoms with Crippen molar-refractivity contribution >= 4 is 21.8 Å². The summed E-state index contributed by atoms with van der Waals surface area (Å²) >= 11 is 0. The third kappa shape index (κ3) is 17.7. The Kier molecular flexibility index (Phi) is 26.2. The minimum atomic E-state index is -0.197. The fraction of sp³-hybridized carbons (Fsp3) is 0.198. The van der Waals surface area contributed by atoms with Crippen molar-refractivity contribution < 1.29 is 27.5 Å². The fourth-order valence-electron chi connectivity index (χ4n) is 17.2. The summed E-state index contributed by atoms with van der Waals surface area (Å²) < 4.78 is 36.1. The molecule has 0 saturated carbocycles. The molecule has 11 heteroatoms. The molecule has 18 rings (SSSR count). The van der Waals surface area contributed by atoms with E-state index < -0.39 is 0 Å². The zero-order valence-electron chi connectivity index (χ0n) is 74.1. The van der Waals surface area contributed by atoms with E-state index in [1.807, 2.05) is 20.0 Å². The van der Waals surface area contributed by atoms with Crippen LogP contribution >= 0.6 is 0 Å². The first-order valence-corrected chi connectivity index (χ1v) is 42.7.